The van der Waals surface area contributed by atoms with Crippen molar-refractivity contribution in [1.29, 1.82) is 0 Å². The fourth-order valence-corrected chi connectivity index (χ4v) is 3.73. The Morgan fingerprint density at radius 3 is 2.24 bits per heavy atom. The molecule has 1 aromatic rings. The molecule has 1 aromatic carbocycles. The molecule has 136 valence electrons. The normalized spacial score (nSPS) is 23.1. The number of benzene rings is 1. The summed E-state index contributed by atoms with van der Waals surface area (Å²) < 4.78 is 0. The van der Waals surface area contributed by atoms with Gasteiger partial charge in [0.05, 0.1) is 0 Å². The second-order valence-electron chi connectivity index (χ2n) is 7.38. The van der Waals surface area contributed by atoms with E-state index in [1.807, 2.05) is 18.7 Å². The minimum atomic E-state index is -0.234. The van der Waals surface area contributed by atoms with E-state index in [4.69, 9.17) is 0 Å². The monoisotopic (exact) mass is 344 g/mol. The van der Waals surface area contributed by atoms with Gasteiger partial charge in [0.15, 0.2) is 0 Å². The molecule has 2 fully saturated rings. The zero-order valence-electron chi connectivity index (χ0n) is 15.0. The van der Waals surface area contributed by atoms with Gasteiger partial charge < -0.3 is 20.9 Å². The van der Waals surface area contributed by atoms with Crippen LogP contribution in [0.5, 0.6) is 0 Å². The third-order valence-electron chi connectivity index (χ3n) is 5.12. The van der Waals surface area contributed by atoms with E-state index in [0.717, 1.165) is 39.0 Å². The SMILES string of the molecule is CC(C)NC(=O)Nc1ccc(C(=O)N2CC[C@@H]3CNC[C@@H]3CC2)cc1. The molecule has 3 N–H and O–H groups in total. The van der Waals surface area contributed by atoms with Crippen LogP contribution in [0.2, 0.25) is 0 Å². The largest absolute Gasteiger partial charge is 0.339 e. The van der Waals surface area contributed by atoms with E-state index in [9.17, 15) is 9.59 Å². The first kappa shape index (κ1) is 17.7. The van der Waals surface area contributed by atoms with Gasteiger partial charge in [0.1, 0.15) is 0 Å². The minimum Gasteiger partial charge on any atom is -0.339 e. The molecule has 0 saturated carbocycles. The number of fused-ring (bicyclic) bond motifs is 1. The van der Waals surface area contributed by atoms with Crippen LogP contribution in [-0.4, -0.2) is 49.1 Å². The predicted molar refractivity (Wildman–Crippen MR) is 98.7 cm³/mol. The molecule has 0 bridgehead atoms. The molecule has 0 unspecified atom stereocenters. The lowest BCUT2D eigenvalue weighted by Crippen LogP contribution is -2.34. The van der Waals surface area contributed by atoms with Crippen LogP contribution in [0.4, 0.5) is 10.5 Å². The molecule has 6 nitrogen and oxygen atoms in total. The quantitative estimate of drug-likeness (QED) is 0.788. The number of hydrogen-bond acceptors (Lipinski definition) is 3. The summed E-state index contributed by atoms with van der Waals surface area (Å²) in [6.45, 7) is 7.66. The maximum absolute atomic E-state index is 12.8. The zero-order valence-corrected chi connectivity index (χ0v) is 15.0. The third kappa shape index (κ3) is 4.51. The van der Waals surface area contributed by atoms with Crippen LogP contribution < -0.4 is 16.0 Å². The number of amides is 3. The first-order chi connectivity index (χ1) is 12.0. The molecular formula is C19H28N4O2. The van der Waals surface area contributed by atoms with Crippen molar-refractivity contribution in [1.82, 2.24) is 15.5 Å². The summed E-state index contributed by atoms with van der Waals surface area (Å²) in [7, 11) is 0. The van der Waals surface area contributed by atoms with Crippen LogP contribution in [-0.2, 0) is 0 Å². The average Bonchev–Trinajstić information content (AvgIpc) is 2.93. The minimum absolute atomic E-state index is 0.0820. The Morgan fingerprint density at radius 2 is 1.68 bits per heavy atom. The highest BCUT2D eigenvalue weighted by molar-refractivity contribution is 5.95. The summed E-state index contributed by atoms with van der Waals surface area (Å²) in [6.07, 6.45) is 2.16. The molecule has 2 atom stereocenters. The van der Waals surface area contributed by atoms with Crippen LogP contribution >= 0.6 is 0 Å². The van der Waals surface area contributed by atoms with Crippen molar-refractivity contribution in [3.05, 3.63) is 29.8 Å². The Balaban J connectivity index is 1.58. The van der Waals surface area contributed by atoms with Gasteiger partial charge in [-0.1, -0.05) is 0 Å². The fraction of sp³-hybridized carbons (Fsp3) is 0.579. The lowest BCUT2D eigenvalue weighted by atomic mass is 9.92. The summed E-state index contributed by atoms with van der Waals surface area (Å²) in [4.78, 5) is 26.5. The average molecular weight is 344 g/mol. The Morgan fingerprint density at radius 1 is 1.08 bits per heavy atom. The van der Waals surface area contributed by atoms with Gasteiger partial charge in [0.25, 0.3) is 5.91 Å². The van der Waals surface area contributed by atoms with Gasteiger partial charge in [0.2, 0.25) is 0 Å². The van der Waals surface area contributed by atoms with Gasteiger partial charge in [-0.05, 0) is 75.9 Å². The molecular weight excluding hydrogens is 316 g/mol. The number of hydrogen-bond donors (Lipinski definition) is 3. The summed E-state index contributed by atoms with van der Waals surface area (Å²) in [5.41, 5.74) is 1.37. The number of carbonyl (C=O) groups is 2. The highest BCUT2D eigenvalue weighted by atomic mass is 16.2. The number of anilines is 1. The van der Waals surface area contributed by atoms with E-state index in [1.54, 1.807) is 24.3 Å². The van der Waals surface area contributed by atoms with Gasteiger partial charge in [0, 0.05) is 30.4 Å². The van der Waals surface area contributed by atoms with Crippen molar-refractivity contribution in [3.8, 4) is 0 Å². The van der Waals surface area contributed by atoms with Crippen LogP contribution in [0.15, 0.2) is 24.3 Å². The summed E-state index contributed by atoms with van der Waals surface area (Å²) >= 11 is 0. The number of carbonyl (C=O) groups excluding carboxylic acids is 2. The smallest absolute Gasteiger partial charge is 0.319 e. The summed E-state index contributed by atoms with van der Waals surface area (Å²) in [5.74, 6) is 1.51. The molecule has 2 heterocycles. The number of nitrogens with one attached hydrogen (secondary N) is 3. The van der Waals surface area contributed by atoms with Crippen molar-refractivity contribution >= 4 is 17.6 Å². The Bertz CT molecular complexity index is 600. The number of nitrogens with zero attached hydrogens (tertiary/aromatic N) is 1. The fourth-order valence-electron chi connectivity index (χ4n) is 3.73. The van der Waals surface area contributed by atoms with E-state index >= 15 is 0 Å². The third-order valence-corrected chi connectivity index (χ3v) is 5.12. The molecule has 2 saturated heterocycles. The summed E-state index contributed by atoms with van der Waals surface area (Å²) in [5, 5.41) is 9.01. The maximum atomic E-state index is 12.8. The van der Waals surface area contributed by atoms with Crippen LogP contribution in [0.3, 0.4) is 0 Å². The van der Waals surface area contributed by atoms with Gasteiger partial charge in [-0.25, -0.2) is 4.79 Å². The molecule has 3 amide bonds. The molecule has 6 heteroatoms. The number of rotatable bonds is 3. The van der Waals surface area contributed by atoms with E-state index in [2.05, 4.69) is 16.0 Å². The number of urea groups is 1. The molecule has 0 aliphatic carbocycles. The maximum Gasteiger partial charge on any atom is 0.319 e. The molecule has 0 radical (unpaired) electrons. The number of likely N-dealkylation sites (tertiary alicyclic amines) is 1. The van der Waals surface area contributed by atoms with E-state index in [1.165, 1.54) is 0 Å². The van der Waals surface area contributed by atoms with Crippen molar-refractivity contribution in [2.75, 3.05) is 31.5 Å². The van der Waals surface area contributed by atoms with Crippen LogP contribution in [0.25, 0.3) is 0 Å². The molecule has 2 aliphatic heterocycles. The predicted octanol–water partition coefficient (Wildman–Crippen LogP) is 2.29. The molecule has 2 aliphatic rings. The molecule has 0 aromatic heterocycles. The second-order valence-corrected chi connectivity index (χ2v) is 7.38. The van der Waals surface area contributed by atoms with Gasteiger partial charge in [-0.15, -0.1) is 0 Å². The second kappa shape index (κ2) is 7.87. The van der Waals surface area contributed by atoms with Gasteiger partial charge in [-0.2, -0.15) is 0 Å². The van der Waals surface area contributed by atoms with Gasteiger partial charge >= 0.3 is 6.03 Å². The van der Waals surface area contributed by atoms with Crippen molar-refractivity contribution in [3.63, 3.8) is 0 Å². The first-order valence-corrected chi connectivity index (χ1v) is 9.20. The lowest BCUT2D eigenvalue weighted by Gasteiger charge is -2.21. The van der Waals surface area contributed by atoms with E-state index in [-0.39, 0.29) is 18.0 Å². The molecule has 25 heavy (non-hydrogen) atoms. The topological polar surface area (TPSA) is 73.5 Å². The van der Waals surface area contributed by atoms with Gasteiger partial charge in [-0.3, -0.25) is 4.79 Å². The molecule has 3 rings (SSSR count). The highest BCUT2D eigenvalue weighted by Crippen LogP contribution is 2.27. The standard InChI is InChI=1S/C19H28N4O2/c1-13(2)21-19(25)22-17-5-3-14(4-6-17)18(24)23-9-7-15-11-20-12-16(15)8-10-23/h3-6,13,15-16,20H,7-12H2,1-2H3,(H2,21,22,25)/t15-,16+. The van der Waals surface area contributed by atoms with Crippen LogP contribution in [0.1, 0.15) is 37.0 Å². The Hall–Kier alpha value is -2.08. The van der Waals surface area contributed by atoms with Crippen molar-refractivity contribution in [2.24, 2.45) is 11.8 Å². The summed E-state index contributed by atoms with van der Waals surface area (Å²) in [6, 6.07) is 6.99. The lowest BCUT2D eigenvalue weighted by molar-refractivity contribution is 0.0758. The first-order valence-electron chi connectivity index (χ1n) is 9.20. The highest BCUT2D eigenvalue weighted by Gasteiger charge is 2.31. The van der Waals surface area contributed by atoms with Crippen LogP contribution in [0, 0.1) is 11.8 Å². The van der Waals surface area contributed by atoms with E-state index < -0.39 is 0 Å². The van der Waals surface area contributed by atoms with E-state index in [0.29, 0.717) is 23.1 Å². The molecule has 0 spiro atoms. The van der Waals surface area contributed by atoms with Crippen molar-refractivity contribution in [2.45, 2.75) is 32.7 Å². The van der Waals surface area contributed by atoms with Crippen molar-refractivity contribution < 1.29 is 9.59 Å². The Labute approximate surface area is 149 Å². The zero-order chi connectivity index (χ0) is 17.8. The Kier molecular flexibility index (Phi) is 5.58.